The summed E-state index contributed by atoms with van der Waals surface area (Å²) in [6.45, 7) is 2.02. The van der Waals surface area contributed by atoms with Crippen LogP contribution in [0, 0.1) is 12.7 Å². The Balaban J connectivity index is 1.93. The van der Waals surface area contributed by atoms with Gasteiger partial charge in [0.1, 0.15) is 5.82 Å². The van der Waals surface area contributed by atoms with E-state index < -0.39 is 5.97 Å². The molecule has 0 amide bonds. The maximum absolute atomic E-state index is 13.1. The monoisotopic (exact) mass is 342 g/mol. The van der Waals surface area contributed by atoms with E-state index in [1.54, 1.807) is 12.1 Å². The van der Waals surface area contributed by atoms with E-state index in [1.807, 2.05) is 25.1 Å². The summed E-state index contributed by atoms with van der Waals surface area (Å²) in [6, 6.07) is 13.8. The first-order valence-electron chi connectivity index (χ1n) is 7.30. The Hall–Kier alpha value is -2.60. The molecule has 0 saturated carbocycles. The van der Waals surface area contributed by atoms with Crippen LogP contribution in [0.5, 0.6) is 0 Å². The van der Waals surface area contributed by atoms with Crippen molar-refractivity contribution in [3.8, 4) is 5.69 Å². The van der Waals surface area contributed by atoms with Crippen molar-refractivity contribution >= 4 is 17.7 Å². The molecule has 24 heavy (non-hydrogen) atoms. The van der Waals surface area contributed by atoms with E-state index in [1.165, 1.54) is 40.2 Å². The van der Waals surface area contributed by atoms with Crippen molar-refractivity contribution < 1.29 is 14.3 Å². The van der Waals surface area contributed by atoms with Gasteiger partial charge in [-0.1, -0.05) is 41.6 Å². The molecule has 0 unspecified atom stereocenters. The number of rotatable bonds is 5. The van der Waals surface area contributed by atoms with E-state index in [-0.39, 0.29) is 11.5 Å². The van der Waals surface area contributed by atoms with E-state index in [0.29, 0.717) is 16.6 Å². The number of benzene rings is 2. The van der Waals surface area contributed by atoms with Crippen molar-refractivity contribution in [1.82, 2.24) is 9.55 Å². The molecule has 122 valence electrons. The topological polar surface area (TPSA) is 55.1 Å². The van der Waals surface area contributed by atoms with E-state index in [2.05, 4.69) is 11.1 Å². The van der Waals surface area contributed by atoms with Crippen molar-refractivity contribution in [1.29, 1.82) is 0 Å². The van der Waals surface area contributed by atoms with Crippen LogP contribution >= 0.6 is 11.8 Å². The Kier molecular flexibility index (Phi) is 4.66. The van der Waals surface area contributed by atoms with Crippen LogP contribution in [0.2, 0.25) is 0 Å². The maximum atomic E-state index is 13.1. The smallest absolute Gasteiger partial charge is 0.354 e. The number of carbonyl (C=O) groups is 1. The predicted molar refractivity (Wildman–Crippen MR) is 91.2 cm³/mol. The molecule has 0 aliphatic rings. The number of carboxylic acid groups (broad SMARTS) is 1. The number of thioether (sulfide) groups is 1. The Morgan fingerprint density at radius 3 is 2.67 bits per heavy atom. The second-order valence-corrected chi connectivity index (χ2v) is 6.26. The number of aromatic carboxylic acids is 1. The number of halogens is 1. The lowest BCUT2D eigenvalue weighted by Crippen LogP contribution is -2.07. The standard InChI is InChI=1S/C18H15FN2O2S/c1-12-3-2-4-13(9-12)11-24-18-20-10-16(17(22)23)21(18)15-7-5-14(19)6-8-15/h2-10H,11H2,1H3,(H,22,23). The van der Waals surface area contributed by atoms with Gasteiger partial charge in [-0.05, 0) is 36.8 Å². The molecular formula is C18H15FN2O2S. The molecule has 3 aromatic rings. The van der Waals surface area contributed by atoms with E-state index in [0.717, 1.165) is 5.56 Å². The van der Waals surface area contributed by atoms with Crippen molar-refractivity contribution in [2.24, 2.45) is 0 Å². The van der Waals surface area contributed by atoms with Gasteiger partial charge in [-0.15, -0.1) is 0 Å². The van der Waals surface area contributed by atoms with Crippen LogP contribution in [-0.4, -0.2) is 20.6 Å². The van der Waals surface area contributed by atoms with Gasteiger partial charge in [-0.25, -0.2) is 14.2 Å². The lowest BCUT2D eigenvalue weighted by Gasteiger charge is -2.10. The van der Waals surface area contributed by atoms with Gasteiger partial charge in [0.05, 0.1) is 6.20 Å². The van der Waals surface area contributed by atoms with Crippen LogP contribution in [0.4, 0.5) is 4.39 Å². The van der Waals surface area contributed by atoms with Crippen molar-refractivity contribution in [2.75, 3.05) is 0 Å². The minimum absolute atomic E-state index is 0.0494. The highest BCUT2D eigenvalue weighted by atomic mass is 32.2. The van der Waals surface area contributed by atoms with Crippen LogP contribution in [0.1, 0.15) is 21.6 Å². The van der Waals surface area contributed by atoms with Crippen LogP contribution in [-0.2, 0) is 5.75 Å². The van der Waals surface area contributed by atoms with Crippen LogP contribution in [0.3, 0.4) is 0 Å². The molecule has 4 nitrogen and oxygen atoms in total. The molecule has 1 N–H and O–H groups in total. The summed E-state index contributed by atoms with van der Waals surface area (Å²) >= 11 is 1.44. The highest BCUT2D eigenvalue weighted by Gasteiger charge is 2.17. The zero-order chi connectivity index (χ0) is 17.1. The number of hydrogen-bond donors (Lipinski definition) is 1. The first-order valence-corrected chi connectivity index (χ1v) is 8.28. The quantitative estimate of drug-likeness (QED) is 0.702. The number of aryl methyl sites for hydroxylation is 1. The van der Waals surface area contributed by atoms with Gasteiger partial charge in [0.15, 0.2) is 10.9 Å². The van der Waals surface area contributed by atoms with Crippen LogP contribution < -0.4 is 0 Å². The number of carboxylic acids is 1. The minimum Gasteiger partial charge on any atom is -0.477 e. The van der Waals surface area contributed by atoms with Crippen molar-refractivity contribution in [2.45, 2.75) is 17.8 Å². The number of hydrogen-bond acceptors (Lipinski definition) is 3. The maximum Gasteiger partial charge on any atom is 0.354 e. The Morgan fingerprint density at radius 2 is 2.00 bits per heavy atom. The van der Waals surface area contributed by atoms with Crippen LogP contribution in [0.25, 0.3) is 5.69 Å². The zero-order valence-corrected chi connectivity index (χ0v) is 13.8. The summed E-state index contributed by atoms with van der Waals surface area (Å²) in [5.74, 6) is -0.780. The summed E-state index contributed by atoms with van der Waals surface area (Å²) in [5.41, 5.74) is 2.91. The molecule has 0 atom stereocenters. The van der Waals surface area contributed by atoms with Gasteiger partial charge in [-0.3, -0.25) is 4.57 Å². The van der Waals surface area contributed by atoms with Crippen molar-refractivity contribution in [3.63, 3.8) is 0 Å². The summed E-state index contributed by atoms with van der Waals surface area (Å²) in [4.78, 5) is 15.7. The molecule has 0 spiro atoms. The fraction of sp³-hybridized carbons (Fsp3) is 0.111. The second kappa shape index (κ2) is 6.88. The largest absolute Gasteiger partial charge is 0.477 e. The van der Waals surface area contributed by atoms with Gasteiger partial charge >= 0.3 is 5.97 Å². The Morgan fingerprint density at radius 1 is 1.25 bits per heavy atom. The molecule has 0 saturated heterocycles. The number of imidazole rings is 1. The molecule has 2 aromatic carbocycles. The highest BCUT2D eigenvalue weighted by Crippen LogP contribution is 2.26. The second-order valence-electron chi connectivity index (χ2n) is 5.32. The summed E-state index contributed by atoms with van der Waals surface area (Å²) in [6.07, 6.45) is 1.32. The summed E-state index contributed by atoms with van der Waals surface area (Å²) in [7, 11) is 0. The normalized spacial score (nSPS) is 10.8. The van der Waals surface area contributed by atoms with Gasteiger partial charge < -0.3 is 5.11 Å². The lowest BCUT2D eigenvalue weighted by molar-refractivity contribution is 0.0687. The molecule has 0 fully saturated rings. The van der Waals surface area contributed by atoms with E-state index >= 15 is 0 Å². The fourth-order valence-corrected chi connectivity index (χ4v) is 3.31. The van der Waals surface area contributed by atoms with Crippen molar-refractivity contribution in [3.05, 3.63) is 77.4 Å². The van der Waals surface area contributed by atoms with Gasteiger partial charge in [0.25, 0.3) is 0 Å². The summed E-state index contributed by atoms with van der Waals surface area (Å²) < 4.78 is 14.7. The molecule has 1 aromatic heterocycles. The molecule has 3 rings (SSSR count). The van der Waals surface area contributed by atoms with E-state index in [9.17, 15) is 14.3 Å². The first-order chi connectivity index (χ1) is 11.5. The average molecular weight is 342 g/mol. The Bertz CT molecular complexity index is 875. The van der Waals surface area contributed by atoms with Gasteiger partial charge in [0, 0.05) is 11.4 Å². The van der Waals surface area contributed by atoms with Gasteiger partial charge in [-0.2, -0.15) is 0 Å². The number of nitrogens with zero attached hydrogens (tertiary/aromatic N) is 2. The molecular weight excluding hydrogens is 327 g/mol. The zero-order valence-electron chi connectivity index (χ0n) is 12.9. The predicted octanol–water partition coefficient (Wildman–Crippen LogP) is 4.31. The first kappa shape index (κ1) is 16.3. The minimum atomic E-state index is -1.07. The SMILES string of the molecule is Cc1cccc(CSc2ncc(C(=O)O)n2-c2ccc(F)cc2)c1. The molecule has 0 aliphatic carbocycles. The summed E-state index contributed by atoms with van der Waals surface area (Å²) in [5, 5.41) is 9.93. The average Bonchev–Trinajstić information content (AvgIpc) is 2.98. The highest BCUT2D eigenvalue weighted by molar-refractivity contribution is 7.98. The molecule has 6 heteroatoms. The molecule has 0 aliphatic heterocycles. The molecule has 0 radical (unpaired) electrons. The third-order valence-electron chi connectivity index (χ3n) is 3.48. The number of aromatic nitrogens is 2. The lowest BCUT2D eigenvalue weighted by atomic mass is 10.2. The fourth-order valence-electron chi connectivity index (χ4n) is 2.38. The third kappa shape index (κ3) is 3.49. The van der Waals surface area contributed by atoms with E-state index in [4.69, 9.17) is 0 Å². The third-order valence-corrected chi connectivity index (χ3v) is 4.51. The molecule has 1 heterocycles. The Labute approximate surface area is 143 Å². The van der Waals surface area contributed by atoms with Gasteiger partial charge in [0.2, 0.25) is 0 Å². The molecule has 0 bridgehead atoms. The van der Waals surface area contributed by atoms with Crippen LogP contribution in [0.15, 0.2) is 59.9 Å².